The molecule has 0 saturated heterocycles. The van der Waals surface area contributed by atoms with Crippen LogP contribution in [-0.2, 0) is 19.2 Å². The normalized spacial score (nSPS) is 31.3. The van der Waals surface area contributed by atoms with Crippen molar-refractivity contribution in [3.63, 3.8) is 0 Å². The Morgan fingerprint density at radius 1 is 0.423 bits per heavy atom. The van der Waals surface area contributed by atoms with E-state index in [0.29, 0.717) is 22.9 Å². The van der Waals surface area contributed by atoms with Crippen molar-refractivity contribution in [2.24, 2.45) is 35.5 Å². The van der Waals surface area contributed by atoms with Crippen molar-refractivity contribution in [1.29, 1.82) is 0 Å². The van der Waals surface area contributed by atoms with Crippen molar-refractivity contribution in [3.05, 3.63) is 221 Å². The molecule has 0 radical (unpaired) electrons. The zero-order chi connectivity index (χ0) is 77.5. The molecule has 22 heteroatoms. The quantitative estimate of drug-likeness (QED) is 0.0979. The Kier molecular flexibility index (Phi) is 30.0. The van der Waals surface area contributed by atoms with Crippen LogP contribution in [0.4, 0.5) is 0 Å². The maximum Gasteiger partial charge on any atom is 0.251 e. The Morgan fingerprint density at radius 3 is 1.24 bits per heavy atom. The molecule has 21 nitrogen and oxygen atoms in total. The van der Waals surface area contributed by atoms with Gasteiger partial charge in [0.05, 0.1) is 58.2 Å². The highest BCUT2D eigenvalue weighted by atomic mass is 32.2. The number of hydrogen-bond acceptors (Lipinski definition) is 20. The SMILES string of the molecule is C/C1=C/C=C\C=C/[C@H](C)[C@@H](O)CC(=O)/C(C)=C/C[C@H](O)/C=C/[C@H](C)[C@H](O)[C@@H](C)/C=C(/C)C(=O)c2c(O)c(C)cc3c2C(=O)C(NCCSC2=C4NC(=O)\C(C)=C/C=C\C=C\[C@H](C)[C@@H](O)CC(=O)/C(C)=C/C[C@H](O)/C=C/[C@H](C)[C@H](O)[C@@H](C)/C=C(\C)C(=O)c5c(O)c(C)cc(c5C2=O)C4=O)=C(NC1=O)C3=O. The number of amides is 2. The Balaban J connectivity index is 1.47. The smallest absolute Gasteiger partial charge is 0.251 e. The highest BCUT2D eigenvalue weighted by molar-refractivity contribution is 8.04. The summed E-state index contributed by atoms with van der Waals surface area (Å²) in [6, 6.07) is 2.40. The van der Waals surface area contributed by atoms with Crippen molar-refractivity contribution in [2.75, 3.05) is 12.3 Å². The minimum Gasteiger partial charge on any atom is -0.507 e. The number of phenolic OH excluding ortho intramolecular Hbond substituents is 2. The fraction of sp³-hybridized carbons (Fsp3) is 0.390. The molecule has 0 aromatic heterocycles. The van der Waals surface area contributed by atoms with Gasteiger partial charge in [-0.05, 0) is 114 Å². The Labute approximate surface area is 611 Å². The van der Waals surface area contributed by atoms with Crippen molar-refractivity contribution in [3.8, 4) is 11.5 Å². The standard InChI is InChI=1S/C82H97N3O18S/c1-41-21-17-15-19-23-47(7)81(102)84-68-67(78(100)63-57(76(68)98)37-53(13)74(96)65(63)72(94)51(11)35-49(9)70(92)45(5)27-31-55(86)29-25-43(3)61(90)39-59(41)88)83-33-34-104-80-69-77(99)58-38-54(14)75(97)66(64(58)79(80)101)73(95)52(12)36-50(10)71(93)46(6)28-32-56(87)30-26-44(4)62(91)40-60(89)42(2)22-18-16-20-24-48(8)82(103)85-69/h15-28,31-32,35-38,41-42,45-46,49-50,55-56,59-60,70-71,83,86-89,92-93,96-97H,29-30,33-34,39-40H2,1-14H3,(H,84,102)(H,85,103)/b19-15-,20-16-,21-17-,22-18+,31-27+,32-28+,43-25+,44-26+,47-23-,48-24-,51-35-,52-36+/t41-,42-,45-,46-,49-,50-,55-,56-,59-,60-,70-,71-/m0/s1. The first-order chi connectivity index (χ1) is 48.9. The third kappa shape index (κ3) is 20.7. The number of benzene rings is 2. The van der Waals surface area contributed by atoms with Gasteiger partial charge in [-0.15, -0.1) is 11.8 Å². The molecule has 0 fully saturated rings. The predicted molar refractivity (Wildman–Crippen MR) is 399 cm³/mol. The van der Waals surface area contributed by atoms with Crippen LogP contribution in [0, 0.1) is 49.4 Å². The third-order valence-corrected chi connectivity index (χ3v) is 20.0. The number of aromatic hydroxyl groups is 2. The lowest BCUT2D eigenvalue weighted by atomic mass is 9.82. The van der Waals surface area contributed by atoms with Crippen LogP contribution >= 0.6 is 11.8 Å². The van der Waals surface area contributed by atoms with Gasteiger partial charge in [0.15, 0.2) is 23.1 Å². The molecule has 0 unspecified atom stereocenters. The number of rotatable bonds is 5. The fourth-order valence-electron chi connectivity index (χ4n) is 11.9. The number of fused-ring (bicyclic) bond motifs is 36. The minimum atomic E-state index is -1.16. The van der Waals surface area contributed by atoms with E-state index < -0.39 is 181 Å². The Bertz CT molecular complexity index is 3980. The number of Topliss-reactive ketones (excluding diaryl/α,β-unsaturated/α-hetero) is 8. The van der Waals surface area contributed by atoms with Gasteiger partial charge in [0.1, 0.15) is 28.6 Å². The van der Waals surface area contributed by atoms with Gasteiger partial charge in [0.2, 0.25) is 23.1 Å². The number of nitrogens with one attached hydrogen (secondary N) is 3. The van der Waals surface area contributed by atoms with E-state index in [1.165, 1.54) is 102 Å². The maximum atomic E-state index is 15.4. The summed E-state index contributed by atoms with van der Waals surface area (Å²) in [6.07, 6.45) is 20.5. The number of hydrogen-bond donors (Lipinski definition) is 11. The monoisotopic (exact) mass is 1440 g/mol. The molecule has 2 aliphatic carbocycles. The summed E-state index contributed by atoms with van der Waals surface area (Å²) in [5.41, 5.74) is -3.98. The van der Waals surface area contributed by atoms with Gasteiger partial charge in [-0.3, -0.25) is 47.9 Å². The van der Waals surface area contributed by atoms with Gasteiger partial charge in [-0.1, -0.05) is 151 Å². The van der Waals surface area contributed by atoms with E-state index in [1.807, 2.05) is 0 Å². The topological polar surface area (TPSA) is 369 Å². The molecule has 8 bridgehead atoms. The number of allylic oxidation sites excluding steroid dienone is 16. The van der Waals surface area contributed by atoms with Crippen LogP contribution in [0.1, 0.15) is 182 Å². The van der Waals surface area contributed by atoms with Crippen molar-refractivity contribution in [2.45, 2.75) is 159 Å². The summed E-state index contributed by atoms with van der Waals surface area (Å²) in [7, 11) is 0. The molecule has 2 aromatic rings. The lowest BCUT2D eigenvalue weighted by Gasteiger charge is -2.26. The Hall–Kier alpha value is -9.39. The van der Waals surface area contributed by atoms with Crippen LogP contribution in [0.3, 0.4) is 0 Å². The van der Waals surface area contributed by atoms with Crippen molar-refractivity contribution in [1.82, 2.24) is 16.0 Å². The molecule has 0 spiro atoms. The lowest BCUT2D eigenvalue weighted by molar-refractivity contribution is -0.118. The average Bonchev–Trinajstić information content (AvgIpc) is 0.744. The van der Waals surface area contributed by atoms with Gasteiger partial charge in [0, 0.05) is 88.5 Å². The molecular weight excluding hydrogens is 1350 g/mol. The first kappa shape index (κ1) is 83.6. The van der Waals surface area contributed by atoms with Gasteiger partial charge in [0.25, 0.3) is 11.8 Å². The van der Waals surface area contributed by atoms with Gasteiger partial charge < -0.3 is 56.8 Å². The highest BCUT2D eigenvalue weighted by Crippen LogP contribution is 2.41. The Morgan fingerprint density at radius 2 is 0.817 bits per heavy atom. The molecule has 2 aromatic carbocycles. The number of ketones is 8. The van der Waals surface area contributed by atoms with Gasteiger partial charge >= 0.3 is 0 Å². The summed E-state index contributed by atoms with van der Waals surface area (Å²) in [5.74, 6) is -13.6. The maximum absolute atomic E-state index is 15.4. The molecule has 104 heavy (non-hydrogen) atoms. The lowest BCUT2D eigenvalue weighted by Crippen LogP contribution is -2.40. The number of phenols is 2. The molecule has 554 valence electrons. The summed E-state index contributed by atoms with van der Waals surface area (Å²) < 4.78 is 0. The second kappa shape index (κ2) is 37.4. The van der Waals surface area contributed by atoms with E-state index in [1.54, 1.807) is 116 Å². The zero-order valence-corrected chi connectivity index (χ0v) is 62.1. The van der Waals surface area contributed by atoms with E-state index in [4.69, 9.17) is 0 Å². The van der Waals surface area contributed by atoms with E-state index in [9.17, 15) is 69.6 Å². The van der Waals surface area contributed by atoms with Crippen LogP contribution in [0.15, 0.2) is 177 Å². The number of thioether (sulfide) groups is 1. The largest absolute Gasteiger partial charge is 0.507 e. The van der Waals surface area contributed by atoms with Crippen molar-refractivity contribution < 1.29 is 88.8 Å². The molecule has 2 amide bonds. The number of carbonyl (C=O) groups excluding carboxylic acids is 10. The third-order valence-electron chi connectivity index (χ3n) is 18.9. The molecule has 4 aliphatic heterocycles. The van der Waals surface area contributed by atoms with Crippen molar-refractivity contribution >= 4 is 69.8 Å². The summed E-state index contributed by atoms with van der Waals surface area (Å²) in [5, 5.41) is 98.2. The molecule has 6 aliphatic rings. The number of aryl methyl sites for hydroxylation is 2. The van der Waals surface area contributed by atoms with E-state index in [2.05, 4.69) is 16.0 Å². The molecular formula is C82H97N3O18S. The predicted octanol–water partition coefficient (Wildman–Crippen LogP) is 10.2. The highest BCUT2D eigenvalue weighted by Gasteiger charge is 2.42. The number of aliphatic hydroxyl groups excluding tert-OH is 6. The van der Waals surface area contributed by atoms with Gasteiger partial charge in [-0.25, -0.2) is 0 Å². The number of carbonyl (C=O) groups is 10. The van der Waals surface area contributed by atoms with Crippen LogP contribution in [0.5, 0.6) is 11.5 Å². The molecule has 8 rings (SSSR count). The second-order valence-corrected chi connectivity index (χ2v) is 28.5. The van der Waals surface area contributed by atoms with Crippen LogP contribution in [0.25, 0.3) is 0 Å². The molecule has 4 heterocycles. The van der Waals surface area contributed by atoms with Crippen LogP contribution in [-0.4, -0.2) is 148 Å². The summed E-state index contributed by atoms with van der Waals surface area (Å²) in [6.45, 7) is 21.2. The summed E-state index contributed by atoms with van der Waals surface area (Å²) >= 11 is 0.667. The van der Waals surface area contributed by atoms with E-state index in [0.717, 1.165) is 0 Å². The first-order valence-electron chi connectivity index (χ1n) is 34.6. The number of aliphatic hydroxyl groups is 6. The fourth-order valence-corrected chi connectivity index (χ4v) is 12.9. The van der Waals surface area contributed by atoms with Crippen LogP contribution < -0.4 is 16.0 Å². The van der Waals surface area contributed by atoms with Gasteiger partial charge in [-0.2, -0.15) is 0 Å². The first-order valence-corrected chi connectivity index (χ1v) is 35.6. The molecule has 12 atom stereocenters. The molecule has 0 saturated carbocycles. The minimum absolute atomic E-state index is 0.00461. The van der Waals surface area contributed by atoms with Crippen LogP contribution in [0.2, 0.25) is 0 Å². The second-order valence-electron chi connectivity index (χ2n) is 27.4. The summed E-state index contributed by atoms with van der Waals surface area (Å²) in [4.78, 5) is 145. The van der Waals surface area contributed by atoms with E-state index in [-0.39, 0.29) is 87.5 Å². The average molecular weight is 1440 g/mol. The van der Waals surface area contributed by atoms with E-state index >= 15 is 19.2 Å². The zero-order valence-electron chi connectivity index (χ0n) is 61.3. The molecule has 11 N–H and O–H groups in total.